The first-order valence-electron chi connectivity index (χ1n) is 6.63. The first kappa shape index (κ1) is 14.0. The van der Waals surface area contributed by atoms with E-state index in [4.69, 9.17) is 0 Å². The minimum Gasteiger partial charge on any atom is -0.375 e. The lowest BCUT2D eigenvalue weighted by atomic mass is 10.1. The zero-order valence-corrected chi connectivity index (χ0v) is 11.7. The molecule has 0 amide bonds. The first-order chi connectivity index (χ1) is 8.13. The molecule has 0 aliphatic heterocycles. The van der Waals surface area contributed by atoms with Crippen molar-refractivity contribution in [1.29, 1.82) is 0 Å². The number of aryl methyl sites for hydroxylation is 2. The Morgan fingerprint density at radius 3 is 2.29 bits per heavy atom. The second-order valence-corrected chi connectivity index (χ2v) is 4.83. The van der Waals surface area contributed by atoms with E-state index in [-0.39, 0.29) is 0 Å². The Hall–Kier alpha value is -1.02. The number of nitrogens with zero attached hydrogens (tertiary/aromatic N) is 1. The van der Waals surface area contributed by atoms with Crippen LogP contribution >= 0.6 is 0 Å². The average Bonchev–Trinajstić information content (AvgIpc) is 2.27. The highest BCUT2D eigenvalue weighted by Crippen LogP contribution is 2.17. The Labute approximate surface area is 106 Å². The fourth-order valence-corrected chi connectivity index (χ4v) is 2.08. The maximum absolute atomic E-state index is 3.36. The first-order valence-corrected chi connectivity index (χ1v) is 6.63. The number of rotatable bonds is 7. The molecule has 17 heavy (non-hydrogen) atoms. The maximum Gasteiger partial charge on any atom is 0.0368 e. The summed E-state index contributed by atoms with van der Waals surface area (Å²) >= 11 is 0. The van der Waals surface area contributed by atoms with Crippen molar-refractivity contribution < 1.29 is 0 Å². The Bertz CT molecular complexity index is 313. The molecule has 2 nitrogen and oxygen atoms in total. The van der Waals surface area contributed by atoms with Gasteiger partial charge in [-0.2, -0.15) is 0 Å². The van der Waals surface area contributed by atoms with Crippen molar-refractivity contribution in [2.45, 2.75) is 33.6 Å². The quantitative estimate of drug-likeness (QED) is 0.729. The van der Waals surface area contributed by atoms with Gasteiger partial charge in [0.15, 0.2) is 0 Å². The van der Waals surface area contributed by atoms with E-state index in [0.29, 0.717) is 0 Å². The molecule has 0 aliphatic rings. The molecule has 96 valence electrons. The minimum atomic E-state index is 1.08. The zero-order chi connectivity index (χ0) is 12.7. The molecular formula is C15H26N2. The Morgan fingerprint density at radius 2 is 1.71 bits per heavy atom. The molecule has 0 spiro atoms. The normalized spacial score (nSPS) is 10.6. The van der Waals surface area contributed by atoms with Gasteiger partial charge in [-0.15, -0.1) is 0 Å². The Balaban J connectivity index is 2.38. The summed E-state index contributed by atoms with van der Waals surface area (Å²) in [4.78, 5) is 2.35. The number of nitrogens with one attached hydrogen (secondary N) is 1. The summed E-state index contributed by atoms with van der Waals surface area (Å²) in [6.07, 6.45) is 2.50. The van der Waals surface area contributed by atoms with E-state index in [2.05, 4.69) is 56.2 Å². The molecule has 0 fully saturated rings. The summed E-state index contributed by atoms with van der Waals surface area (Å²) in [6.45, 7) is 9.82. The van der Waals surface area contributed by atoms with E-state index in [0.717, 1.165) is 19.6 Å². The highest BCUT2D eigenvalue weighted by molar-refractivity contribution is 5.50. The predicted molar refractivity (Wildman–Crippen MR) is 77.0 cm³/mol. The van der Waals surface area contributed by atoms with Crippen LogP contribution in [0.3, 0.4) is 0 Å². The lowest BCUT2D eigenvalue weighted by molar-refractivity contribution is 0.638. The van der Waals surface area contributed by atoms with Gasteiger partial charge in [-0.1, -0.05) is 13.0 Å². The monoisotopic (exact) mass is 234 g/mol. The van der Waals surface area contributed by atoms with Gasteiger partial charge in [0, 0.05) is 19.3 Å². The van der Waals surface area contributed by atoms with Gasteiger partial charge in [0.1, 0.15) is 0 Å². The maximum atomic E-state index is 3.36. The van der Waals surface area contributed by atoms with Crippen molar-refractivity contribution >= 4 is 5.69 Å². The topological polar surface area (TPSA) is 15.3 Å². The van der Waals surface area contributed by atoms with Crippen LogP contribution in [-0.2, 0) is 0 Å². The second kappa shape index (κ2) is 7.33. The molecular weight excluding hydrogens is 208 g/mol. The van der Waals surface area contributed by atoms with E-state index < -0.39 is 0 Å². The summed E-state index contributed by atoms with van der Waals surface area (Å²) in [5.74, 6) is 0. The molecule has 0 saturated carbocycles. The van der Waals surface area contributed by atoms with Crippen molar-refractivity contribution in [2.75, 3.05) is 31.6 Å². The molecule has 0 bridgehead atoms. The summed E-state index contributed by atoms with van der Waals surface area (Å²) in [7, 11) is 2.18. The molecule has 0 heterocycles. The van der Waals surface area contributed by atoms with Crippen molar-refractivity contribution in [2.24, 2.45) is 0 Å². The van der Waals surface area contributed by atoms with Crippen LogP contribution in [0, 0.1) is 13.8 Å². The SMILES string of the molecule is CCNCCCCN(C)c1cc(C)cc(C)c1. The zero-order valence-electron chi connectivity index (χ0n) is 11.7. The summed E-state index contributed by atoms with van der Waals surface area (Å²) in [5, 5.41) is 3.36. The van der Waals surface area contributed by atoms with E-state index in [1.165, 1.54) is 29.7 Å². The third kappa shape index (κ3) is 5.22. The molecule has 1 aromatic rings. The lowest BCUT2D eigenvalue weighted by Gasteiger charge is -2.20. The smallest absolute Gasteiger partial charge is 0.0368 e. The van der Waals surface area contributed by atoms with Crippen LogP contribution in [0.4, 0.5) is 5.69 Å². The molecule has 0 aromatic heterocycles. The van der Waals surface area contributed by atoms with Crippen LogP contribution in [0.15, 0.2) is 18.2 Å². The van der Waals surface area contributed by atoms with E-state index >= 15 is 0 Å². The standard InChI is InChI=1S/C15H26N2/c1-5-16-8-6-7-9-17(4)15-11-13(2)10-14(3)12-15/h10-12,16H,5-9H2,1-4H3. The average molecular weight is 234 g/mol. The minimum absolute atomic E-state index is 1.08. The number of anilines is 1. The highest BCUT2D eigenvalue weighted by atomic mass is 15.1. The molecule has 0 aliphatic carbocycles. The number of benzene rings is 1. The molecule has 1 rings (SSSR count). The molecule has 2 heteroatoms. The molecule has 0 atom stereocenters. The second-order valence-electron chi connectivity index (χ2n) is 4.83. The number of hydrogen-bond acceptors (Lipinski definition) is 2. The third-order valence-corrected chi connectivity index (χ3v) is 2.99. The summed E-state index contributed by atoms with van der Waals surface area (Å²) in [6, 6.07) is 6.75. The van der Waals surface area contributed by atoms with Gasteiger partial charge in [-0.25, -0.2) is 0 Å². The largest absolute Gasteiger partial charge is 0.375 e. The van der Waals surface area contributed by atoms with Gasteiger partial charge in [0.25, 0.3) is 0 Å². The van der Waals surface area contributed by atoms with Gasteiger partial charge in [-0.3, -0.25) is 0 Å². The van der Waals surface area contributed by atoms with Crippen molar-refractivity contribution in [3.8, 4) is 0 Å². The van der Waals surface area contributed by atoms with E-state index in [1.807, 2.05) is 0 Å². The summed E-state index contributed by atoms with van der Waals surface area (Å²) < 4.78 is 0. The van der Waals surface area contributed by atoms with Crippen LogP contribution in [0.2, 0.25) is 0 Å². The molecule has 1 aromatic carbocycles. The van der Waals surface area contributed by atoms with Crippen LogP contribution in [0.5, 0.6) is 0 Å². The Morgan fingerprint density at radius 1 is 1.06 bits per heavy atom. The van der Waals surface area contributed by atoms with Gasteiger partial charge >= 0.3 is 0 Å². The molecule has 1 N–H and O–H groups in total. The Kier molecular flexibility index (Phi) is 6.06. The van der Waals surface area contributed by atoms with Crippen molar-refractivity contribution in [1.82, 2.24) is 5.32 Å². The predicted octanol–water partition coefficient (Wildman–Crippen LogP) is 3.13. The highest BCUT2D eigenvalue weighted by Gasteiger charge is 2.01. The summed E-state index contributed by atoms with van der Waals surface area (Å²) in [5.41, 5.74) is 4.03. The van der Waals surface area contributed by atoms with E-state index in [1.54, 1.807) is 0 Å². The van der Waals surface area contributed by atoms with Gasteiger partial charge in [0.05, 0.1) is 0 Å². The molecule has 0 radical (unpaired) electrons. The molecule has 0 unspecified atom stereocenters. The number of unbranched alkanes of at least 4 members (excludes halogenated alkanes) is 1. The fraction of sp³-hybridized carbons (Fsp3) is 0.600. The van der Waals surface area contributed by atoms with Gasteiger partial charge < -0.3 is 10.2 Å². The van der Waals surface area contributed by atoms with Crippen LogP contribution in [-0.4, -0.2) is 26.7 Å². The lowest BCUT2D eigenvalue weighted by Crippen LogP contribution is -2.21. The van der Waals surface area contributed by atoms with Crippen molar-refractivity contribution in [3.05, 3.63) is 29.3 Å². The van der Waals surface area contributed by atoms with Gasteiger partial charge in [0.2, 0.25) is 0 Å². The molecule has 0 saturated heterocycles. The van der Waals surface area contributed by atoms with Crippen LogP contribution in [0.1, 0.15) is 30.9 Å². The van der Waals surface area contributed by atoms with Gasteiger partial charge in [-0.05, 0) is 63.0 Å². The fourth-order valence-electron chi connectivity index (χ4n) is 2.08. The van der Waals surface area contributed by atoms with Crippen LogP contribution < -0.4 is 10.2 Å². The van der Waals surface area contributed by atoms with Crippen LogP contribution in [0.25, 0.3) is 0 Å². The van der Waals surface area contributed by atoms with E-state index in [9.17, 15) is 0 Å². The van der Waals surface area contributed by atoms with Crippen molar-refractivity contribution in [3.63, 3.8) is 0 Å². The third-order valence-electron chi connectivity index (χ3n) is 2.99. The number of hydrogen-bond donors (Lipinski definition) is 1.